The van der Waals surface area contributed by atoms with Gasteiger partial charge in [0.2, 0.25) is 0 Å². The van der Waals surface area contributed by atoms with Gasteiger partial charge < -0.3 is 14.5 Å². The molecule has 0 N–H and O–H groups in total. The fourth-order valence-corrected chi connectivity index (χ4v) is 4.52. The highest BCUT2D eigenvalue weighted by Crippen LogP contribution is 2.25. The Morgan fingerprint density at radius 2 is 1.44 bits per heavy atom. The number of ether oxygens (including phenoxy) is 1. The van der Waals surface area contributed by atoms with E-state index in [1.165, 1.54) is 11.7 Å². The molecule has 3 heterocycles. The minimum atomic E-state index is -1.46. The summed E-state index contributed by atoms with van der Waals surface area (Å²) >= 11 is 4.88. The van der Waals surface area contributed by atoms with E-state index in [4.69, 9.17) is 9.37 Å². The number of halogens is 3. The Balaban J connectivity index is 0.000000198. The molecule has 2 aromatic heterocycles. The molecule has 230 valence electrons. The largest absolute Gasteiger partial charge is 0.444 e. The number of amides is 1. The summed E-state index contributed by atoms with van der Waals surface area (Å²) in [6, 6.07) is 15.2. The number of rotatable bonds is 1. The molecule has 0 atom stereocenters. The van der Waals surface area contributed by atoms with Crippen molar-refractivity contribution >= 4 is 58.2 Å². The number of thiol groups is 1. The third-order valence-corrected chi connectivity index (χ3v) is 6.48. The summed E-state index contributed by atoms with van der Waals surface area (Å²) in [5.41, 5.74) is 4.00. The molecule has 1 saturated heterocycles. The first-order valence-electron chi connectivity index (χ1n) is 13.5. The summed E-state index contributed by atoms with van der Waals surface area (Å²) in [6.45, 7) is 12.3. The van der Waals surface area contributed by atoms with Crippen molar-refractivity contribution < 1.29 is 27.3 Å². The van der Waals surface area contributed by atoms with Crippen molar-refractivity contribution in [3.63, 3.8) is 0 Å². The first-order chi connectivity index (χ1) is 20.5. The minimum Gasteiger partial charge on any atom is -0.444 e. The molecule has 6 rings (SSSR count). The fraction of sp³-hybridized carbons (Fsp3) is 0.345. The average Bonchev–Trinajstić information content (AvgIpc) is 3.67. The normalized spacial score (nSPS) is 12.9. The van der Waals surface area contributed by atoms with Crippen LogP contribution in [0.5, 0.6) is 0 Å². The quantitative estimate of drug-likeness (QED) is 0.151. The van der Waals surface area contributed by atoms with Crippen LogP contribution in [0.4, 0.5) is 23.7 Å². The van der Waals surface area contributed by atoms with Crippen molar-refractivity contribution in [1.82, 2.24) is 24.0 Å². The van der Waals surface area contributed by atoms with E-state index in [9.17, 15) is 18.0 Å². The summed E-state index contributed by atoms with van der Waals surface area (Å²) in [5.74, 6) is -3.90. The van der Waals surface area contributed by atoms with E-state index < -0.39 is 23.1 Å². The zero-order valence-corrected chi connectivity index (χ0v) is 26.1. The molecule has 0 radical (unpaired) electrons. The zero-order valence-electron chi connectivity index (χ0n) is 24.4. The van der Waals surface area contributed by atoms with Gasteiger partial charge in [-0.25, -0.2) is 22.6 Å². The zero-order chi connectivity index (χ0) is 31.6. The van der Waals surface area contributed by atoms with Gasteiger partial charge in [0.15, 0.2) is 23.0 Å². The molecule has 1 aliphatic rings. The maximum Gasteiger partial charge on any atom is 0.410 e. The molecular formula is C29H33F3N6O3S2. The van der Waals surface area contributed by atoms with E-state index in [2.05, 4.69) is 36.6 Å². The monoisotopic (exact) mass is 634 g/mol. The molecule has 5 aromatic rings. The third kappa shape index (κ3) is 9.55. The minimum absolute atomic E-state index is 0.0661. The second kappa shape index (κ2) is 15.5. The van der Waals surface area contributed by atoms with Gasteiger partial charge in [-0.05, 0) is 67.5 Å². The van der Waals surface area contributed by atoms with Crippen LogP contribution in [0.15, 0.2) is 64.1 Å². The molecule has 1 aliphatic heterocycles. The lowest BCUT2D eigenvalue weighted by molar-refractivity contribution is 0.0240. The molecule has 0 aliphatic carbocycles. The molecule has 3 aromatic carbocycles. The lowest BCUT2D eigenvalue weighted by atomic mass is 10.2. The number of anilines is 1. The Kier molecular flexibility index (Phi) is 12.1. The number of fused-ring (bicyclic) bond motifs is 2. The topological polar surface area (TPSA) is 97.5 Å². The number of piperazine rings is 1. The first kappa shape index (κ1) is 33.6. The maximum absolute atomic E-state index is 12.2. The van der Waals surface area contributed by atoms with Gasteiger partial charge in [0.1, 0.15) is 22.2 Å². The number of aromatic nitrogens is 4. The van der Waals surface area contributed by atoms with E-state index in [0.29, 0.717) is 13.1 Å². The highest BCUT2D eigenvalue weighted by Gasteiger charge is 2.27. The lowest BCUT2D eigenvalue weighted by Crippen LogP contribution is -2.50. The Hall–Kier alpha value is -3.91. The van der Waals surface area contributed by atoms with Crippen LogP contribution in [0.1, 0.15) is 34.6 Å². The standard InChI is InChI=1S/C15H20N4O3.C6H3F3S.C6H4N2S.C2H6/c1-15(2,3)21-14(20)19-9-7-18(8-10-19)12-6-4-5-11-13(12)17-22-16-11;7-4-1-3(10)2-5(8)6(4)9;1-2-4-6-5(3-1)7-9-8-6;1-2/h4-6H,7-10H2,1-3H3;1-2,10H;1-4H;1-2H3. The molecule has 9 nitrogen and oxygen atoms in total. The van der Waals surface area contributed by atoms with E-state index in [-0.39, 0.29) is 11.0 Å². The number of carbonyl (C=O) groups is 1. The molecular weight excluding hydrogens is 601 g/mol. The highest BCUT2D eigenvalue weighted by atomic mass is 32.1. The van der Waals surface area contributed by atoms with Gasteiger partial charge >= 0.3 is 6.09 Å². The van der Waals surface area contributed by atoms with Gasteiger partial charge in [0.05, 0.1) is 17.4 Å². The Bertz CT molecular complexity index is 1560. The Morgan fingerprint density at radius 3 is 2.00 bits per heavy atom. The van der Waals surface area contributed by atoms with Crippen molar-refractivity contribution in [2.75, 3.05) is 31.1 Å². The first-order valence-corrected chi connectivity index (χ1v) is 14.6. The summed E-state index contributed by atoms with van der Waals surface area (Å²) < 4.78 is 54.8. The van der Waals surface area contributed by atoms with Crippen LogP contribution in [0, 0.1) is 17.5 Å². The average molecular weight is 635 g/mol. The molecule has 0 spiro atoms. The van der Waals surface area contributed by atoms with Gasteiger partial charge in [-0.1, -0.05) is 32.0 Å². The van der Waals surface area contributed by atoms with Crippen LogP contribution in [0.3, 0.4) is 0 Å². The summed E-state index contributed by atoms with van der Waals surface area (Å²) in [5, 5.41) is 7.82. The predicted octanol–water partition coefficient (Wildman–Crippen LogP) is 7.39. The van der Waals surface area contributed by atoms with Crippen LogP contribution in [-0.4, -0.2) is 61.8 Å². The number of carbonyl (C=O) groups excluding carboxylic acids is 1. The van der Waals surface area contributed by atoms with Crippen LogP contribution < -0.4 is 4.90 Å². The number of benzene rings is 3. The van der Waals surface area contributed by atoms with Crippen molar-refractivity contribution in [3.05, 3.63) is 72.0 Å². The summed E-state index contributed by atoms with van der Waals surface area (Å²) in [6.07, 6.45) is -0.256. The second-order valence-corrected chi connectivity index (χ2v) is 10.9. The van der Waals surface area contributed by atoms with Crippen LogP contribution >= 0.6 is 24.4 Å². The summed E-state index contributed by atoms with van der Waals surface area (Å²) in [4.78, 5) is 16.1. The highest BCUT2D eigenvalue weighted by molar-refractivity contribution is 7.80. The smallest absolute Gasteiger partial charge is 0.410 e. The Morgan fingerprint density at radius 1 is 0.884 bits per heavy atom. The fourth-order valence-electron chi connectivity index (χ4n) is 3.77. The van der Waals surface area contributed by atoms with Gasteiger partial charge in [-0.15, -0.1) is 12.6 Å². The van der Waals surface area contributed by atoms with Crippen LogP contribution in [0.2, 0.25) is 0 Å². The molecule has 0 saturated carbocycles. The van der Waals surface area contributed by atoms with E-state index in [0.717, 1.165) is 53.0 Å². The lowest BCUT2D eigenvalue weighted by Gasteiger charge is -2.36. The molecule has 1 fully saturated rings. The molecule has 0 unspecified atom stereocenters. The van der Waals surface area contributed by atoms with Crippen LogP contribution in [0.25, 0.3) is 22.1 Å². The SMILES string of the molecule is CC.CC(C)(C)OC(=O)N1CCN(c2cccc3nonc23)CC1.Fc1cc(S)cc(F)c1F.c1ccc2nsnc2c1. The maximum atomic E-state index is 12.2. The predicted molar refractivity (Wildman–Crippen MR) is 164 cm³/mol. The number of nitrogens with zero attached hydrogens (tertiary/aromatic N) is 6. The number of hydrogen-bond acceptors (Lipinski definition) is 10. The van der Waals surface area contributed by atoms with Gasteiger partial charge in [-0.2, -0.15) is 8.75 Å². The van der Waals surface area contributed by atoms with E-state index in [1.54, 1.807) is 4.90 Å². The van der Waals surface area contributed by atoms with Gasteiger partial charge in [-0.3, -0.25) is 0 Å². The number of hydrogen-bond donors (Lipinski definition) is 1. The van der Waals surface area contributed by atoms with E-state index in [1.807, 2.05) is 77.1 Å². The van der Waals surface area contributed by atoms with Crippen molar-refractivity contribution in [3.8, 4) is 0 Å². The summed E-state index contributed by atoms with van der Waals surface area (Å²) in [7, 11) is 0. The molecule has 1 amide bonds. The second-order valence-electron chi connectivity index (χ2n) is 9.84. The molecule has 0 bridgehead atoms. The third-order valence-electron chi connectivity index (χ3n) is 5.67. The van der Waals surface area contributed by atoms with Crippen molar-refractivity contribution in [2.45, 2.75) is 45.1 Å². The van der Waals surface area contributed by atoms with Crippen molar-refractivity contribution in [2.24, 2.45) is 0 Å². The van der Waals surface area contributed by atoms with Crippen molar-refractivity contribution in [1.29, 1.82) is 0 Å². The Labute approximate surface area is 257 Å². The van der Waals surface area contributed by atoms with Crippen LogP contribution in [-0.2, 0) is 4.74 Å². The molecule has 14 heteroatoms. The van der Waals surface area contributed by atoms with E-state index >= 15 is 0 Å². The molecule has 43 heavy (non-hydrogen) atoms. The van der Waals surface area contributed by atoms with Gasteiger partial charge in [0.25, 0.3) is 0 Å². The van der Waals surface area contributed by atoms with Gasteiger partial charge in [0, 0.05) is 31.1 Å².